The van der Waals surface area contributed by atoms with Crippen molar-refractivity contribution in [2.45, 2.75) is 20.3 Å². The normalized spacial score (nSPS) is 8.58. The molecule has 5 heteroatoms. The lowest BCUT2D eigenvalue weighted by atomic mass is 10.1. The lowest BCUT2D eigenvalue weighted by Crippen LogP contribution is -1.92. The van der Waals surface area contributed by atoms with Crippen molar-refractivity contribution in [3.8, 4) is 5.75 Å². The zero-order valence-electron chi connectivity index (χ0n) is 11.4. The Morgan fingerprint density at radius 1 is 1.58 bits per heavy atom. The summed E-state index contributed by atoms with van der Waals surface area (Å²) in [4.78, 5) is 13.4. The molecule has 0 unspecified atom stereocenters. The van der Waals surface area contributed by atoms with Gasteiger partial charge in [-0.25, -0.2) is 10.2 Å². The highest BCUT2D eigenvalue weighted by Gasteiger charge is 2.00. The molecule has 0 fully saturated rings. The number of benzene rings is 1. The molecule has 0 aliphatic rings. The zero-order chi connectivity index (χ0) is 14.8. The predicted molar refractivity (Wildman–Crippen MR) is 74.6 cm³/mol. The van der Waals surface area contributed by atoms with Gasteiger partial charge in [-0.3, -0.25) is 0 Å². The van der Waals surface area contributed by atoms with E-state index in [2.05, 4.69) is 11.6 Å². The molecule has 0 saturated carbocycles. The maximum atomic E-state index is 9.60. The summed E-state index contributed by atoms with van der Waals surface area (Å²) in [6.45, 7) is 6.64. The Kier molecular flexibility index (Phi) is 7.57. The second-order valence-corrected chi connectivity index (χ2v) is 3.66. The number of hydrogen-bond acceptors (Lipinski definition) is 4. The van der Waals surface area contributed by atoms with Crippen LogP contribution in [0, 0.1) is 5.41 Å². The number of aliphatic carboxylic acids is 1. The Morgan fingerprint density at radius 2 is 2.16 bits per heavy atom. The molecule has 1 aromatic rings. The van der Waals surface area contributed by atoms with E-state index in [1.807, 2.05) is 31.1 Å². The van der Waals surface area contributed by atoms with Gasteiger partial charge in [-0.05, 0) is 37.1 Å². The number of nitrogens with one attached hydrogen (secondary N) is 1. The van der Waals surface area contributed by atoms with Gasteiger partial charge < -0.3 is 9.84 Å². The largest absolute Gasteiger partial charge is 0.497 e. The third-order valence-electron chi connectivity index (χ3n) is 2.21. The van der Waals surface area contributed by atoms with Gasteiger partial charge in [-0.1, -0.05) is 13.5 Å². The van der Waals surface area contributed by atoms with Crippen LogP contribution in [-0.2, 0) is 11.2 Å². The highest BCUT2D eigenvalue weighted by molar-refractivity contribution is 5.84. The van der Waals surface area contributed by atoms with Crippen molar-refractivity contribution in [3.05, 3.63) is 35.9 Å². The number of aliphatic imine (C=N–C) groups is 1. The van der Waals surface area contributed by atoms with Crippen molar-refractivity contribution in [3.63, 3.8) is 0 Å². The standard InChI is InChI=1S/C10H12N2O.C4H6O2/c1-3-8-6-9(13-2)4-5-10(8)12-7-11;1-3(2)4(5)6/h4-6,11H,3H2,1-2H3;1H2,2H3,(H,5,6). The van der Waals surface area contributed by atoms with Crippen LogP contribution < -0.4 is 4.74 Å². The Balaban J connectivity index is 0.000000459. The van der Waals surface area contributed by atoms with Gasteiger partial charge in [0.05, 0.1) is 18.8 Å². The van der Waals surface area contributed by atoms with E-state index in [-0.39, 0.29) is 5.57 Å². The fraction of sp³-hybridized carbons (Fsp3) is 0.286. The molecule has 0 heterocycles. The number of carboxylic acids is 1. The molecule has 0 bridgehead atoms. The van der Waals surface area contributed by atoms with Crippen molar-refractivity contribution < 1.29 is 14.6 Å². The molecule has 1 aromatic carbocycles. The van der Waals surface area contributed by atoms with Gasteiger partial charge in [-0.2, -0.15) is 4.99 Å². The quantitative estimate of drug-likeness (QED) is 0.645. The van der Waals surface area contributed by atoms with Crippen molar-refractivity contribution >= 4 is 17.7 Å². The molecule has 5 nitrogen and oxygen atoms in total. The van der Waals surface area contributed by atoms with Crippen molar-refractivity contribution in [1.29, 1.82) is 5.41 Å². The Morgan fingerprint density at radius 3 is 2.53 bits per heavy atom. The van der Waals surface area contributed by atoms with E-state index in [1.165, 1.54) is 6.92 Å². The van der Waals surface area contributed by atoms with E-state index in [0.717, 1.165) is 23.4 Å². The van der Waals surface area contributed by atoms with E-state index >= 15 is 0 Å². The smallest absolute Gasteiger partial charge is 0.330 e. The molecule has 0 radical (unpaired) electrons. The van der Waals surface area contributed by atoms with Crippen molar-refractivity contribution in [2.75, 3.05) is 7.11 Å². The highest BCUT2D eigenvalue weighted by atomic mass is 16.5. The first-order valence-electron chi connectivity index (χ1n) is 5.64. The average molecular weight is 262 g/mol. The Hall–Kier alpha value is -2.39. The Bertz CT molecular complexity index is 491. The second-order valence-electron chi connectivity index (χ2n) is 3.66. The number of methoxy groups -OCH3 is 1. The third-order valence-corrected chi connectivity index (χ3v) is 2.21. The summed E-state index contributed by atoms with van der Waals surface area (Å²) < 4.78 is 5.08. The van der Waals surface area contributed by atoms with Crippen LogP contribution >= 0.6 is 0 Å². The first-order valence-corrected chi connectivity index (χ1v) is 5.64. The van der Waals surface area contributed by atoms with Crippen LogP contribution in [0.4, 0.5) is 5.69 Å². The van der Waals surface area contributed by atoms with Gasteiger partial charge in [0.15, 0.2) is 0 Å². The van der Waals surface area contributed by atoms with Crippen LogP contribution in [0.15, 0.2) is 35.3 Å². The van der Waals surface area contributed by atoms with Crippen LogP contribution in [0.5, 0.6) is 5.75 Å². The number of ether oxygens (including phenoxy) is 1. The molecule has 0 aromatic heterocycles. The fourth-order valence-electron chi connectivity index (χ4n) is 1.14. The molecule has 0 spiro atoms. The van der Waals surface area contributed by atoms with Crippen LogP contribution in [0.3, 0.4) is 0 Å². The van der Waals surface area contributed by atoms with Gasteiger partial charge in [-0.15, -0.1) is 0 Å². The third kappa shape index (κ3) is 6.19. The van der Waals surface area contributed by atoms with E-state index in [0.29, 0.717) is 0 Å². The first-order chi connectivity index (χ1) is 8.96. The molecule has 102 valence electrons. The predicted octanol–water partition coefficient (Wildman–Crippen LogP) is 3.29. The first kappa shape index (κ1) is 16.6. The zero-order valence-corrected chi connectivity index (χ0v) is 11.4. The number of carboxylic acid groups (broad SMARTS) is 1. The lowest BCUT2D eigenvalue weighted by Gasteiger charge is -2.04. The van der Waals surface area contributed by atoms with Crippen molar-refractivity contribution in [2.24, 2.45) is 4.99 Å². The van der Waals surface area contributed by atoms with E-state index < -0.39 is 5.97 Å². The maximum absolute atomic E-state index is 9.60. The molecular formula is C14H18N2O3. The molecule has 0 aliphatic carbocycles. The summed E-state index contributed by atoms with van der Waals surface area (Å²) in [5.74, 6) is -0.115. The molecular weight excluding hydrogens is 244 g/mol. The number of hydrogen-bond donors (Lipinski definition) is 2. The molecule has 1 rings (SSSR count). The van der Waals surface area contributed by atoms with Gasteiger partial charge >= 0.3 is 5.97 Å². The summed E-state index contributed by atoms with van der Waals surface area (Å²) in [7, 11) is 1.63. The van der Waals surface area contributed by atoms with E-state index in [9.17, 15) is 4.79 Å². The van der Waals surface area contributed by atoms with Gasteiger partial charge in [0.1, 0.15) is 5.75 Å². The van der Waals surface area contributed by atoms with Gasteiger partial charge in [0, 0.05) is 5.57 Å². The summed E-state index contributed by atoms with van der Waals surface area (Å²) in [5, 5.41) is 14.7. The molecule has 0 aliphatic heterocycles. The SMILES string of the molecule is C=C(C)C(=O)O.CCc1cc(OC)ccc1N=C=N. The molecule has 0 atom stereocenters. The van der Waals surface area contributed by atoms with Crippen molar-refractivity contribution in [1.82, 2.24) is 0 Å². The number of rotatable bonds is 4. The second kappa shape index (κ2) is 8.66. The summed E-state index contributed by atoms with van der Waals surface area (Å²) >= 11 is 0. The molecule has 0 amide bonds. The Labute approximate surface area is 112 Å². The van der Waals surface area contributed by atoms with Gasteiger partial charge in [0.25, 0.3) is 0 Å². The number of nitrogens with zero attached hydrogens (tertiary/aromatic N) is 1. The van der Waals surface area contributed by atoms with Gasteiger partial charge in [0.2, 0.25) is 0 Å². The van der Waals surface area contributed by atoms with Crippen LogP contribution in [0.25, 0.3) is 0 Å². The lowest BCUT2D eigenvalue weighted by molar-refractivity contribution is -0.132. The minimum Gasteiger partial charge on any atom is -0.497 e. The van der Waals surface area contributed by atoms with Crippen LogP contribution in [0.1, 0.15) is 19.4 Å². The molecule has 19 heavy (non-hydrogen) atoms. The topological polar surface area (TPSA) is 82.7 Å². The maximum Gasteiger partial charge on any atom is 0.330 e. The number of aryl methyl sites for hydroxylation is 1. The number of carbonyl (C=O) groups is 1. The summed E-state index contributed by atoms with van der Waals surface area (Å²) in [5.41, 5.74) is 2.03. The monoisotopic (exact) mass is 262 g/mol. The van der Waals surface area contributed by atoms with Crippen LogP contribution in [-0.4, -0.2) is 24.2 Å². The highest BCUT2D eigenvalue weighted by Crippen LogP contribution is 2.24. The van der Waals surface area contributed by atoms with E-state index in [1.54, 1.807) is 7.11 Å². The fourth-order valence-corrected chi connectivity index (χ4v) is 1.14. The van der Waals surface area contributed by atoms with Crippen LogP contribution in [0.2, 0.25) is 0 Å². The minimum atomic E-state index is -0.935. The van der Waals surface area contributed by atoms with E-state index in [4.69, 9.17) is 15.3 Å². The summed E-state index contributed by atoms with van der Waals surface area (Å²) in [6, 6.07) is 7.62. The molecule has 0 saturated heterocycles. The summed E-state index contributed by atoms with van der Waals surface area (Å²) in [6.07, 6.45) is 0.873. The minimum absolute atomic E-state index is 0.176. The molecule has 2 N–H and O–H groups in total. The average Bonchev–Trinajstić information content (AvgIpc) is 2.40.